The molecule has 0 aliphatic rings. The standard InChI is InChI=1S/C8H18.Sn.2H/c1-6(2)8(5)7(3)4;;;/h6-8H,1-5H3;;;. The normalized spacial score (nSPS) is 10.7. The van der Waals surface area contributed by atoms with Crippen LogP contribution in [0.3, 0.4) is 0 Å². The van der Waals surface area contributed by atoms with E-state index in [2.05, 4.69) is 34.6 Å². The first-order chi connectivity index (χ1) is 3.55. The van der Waals surface area contributed by atoms with E-state index in [1.807, 2.05) is 0 Å². The Morgan fingerprint density at radius 1 is 0.667 bits per heavy atom. The zero-order chi connectivity index (χ0) is 6.73. The molecule has 56 valence electrons. The van der Waals surface area contributed by atoms with Crippen molar-refractivity contribution in [1.82, 2.24) is 0 Å². The third-order valence-corrected chi connectivity index (χ3v) is 2.10. The van der Waals surface area contributed by atoms with Gasteiger partial charge in [-0.3, -0.25) is 0 Å². The van der Waals surface area contributed by atoms with Crippen LogP contribution in [0.25, 0.3) is 0 Å². The summed E-state index contributed by atoms with van der Waals surface area (Å²) in [6, 6.07) is 0. The molecule has 0 saturated carbocycles. The van der Waals surface area contributed by atoms with Crippen LogP contribution in [0.4, 0.5) is 0 Å². The monoisotopic (exact) mass is 236 g/mol. The number of hydrogen-bond donors (Lipinski definition) is 0. The molecule has 0 aromatic heterocycles. The van der Waals surface area contributed by atoms with Crippen molar-refractivity contribution >= 4 is 23.9 Å². The predicted octanol–water partition coefficient (Wildman–Crippen LogP) is 2.02. The summed E-state index contributed by atoms with van der Waals surface area (Å²) in [6.45, 7) is 11.4. The molecule has 0 rings (SSSR count). The van der Waals surface area contributed by atoms with Crippen LogP contribution in [0.1, 0.15) is 34.6 Å². The summed E-state index contributed by atoms with van der Waals surface area (Å²) >= 11 is 0. The first-order valence-electron chi connectivity index (χ1n) is 3.55. The molecule has 0 saturated heterocycles. The van der Waals surface area contributed by atoms with Crippen molar-refractivity contribution in [3.05, 3.63) is 0 Å². The van der Waals surface area contributed by atoms with Gasteiger partial charge in [0, 0.05) is 0 Å². The van der Waals surface area contributed by atoms with Gasteiger partial charge in [0.2, 0.25) is 0 Å². The van der Waals surface area contributed by atoms with Gasteiger partial charge in [-0.05, 0) is 17.8 Å². The Morgan fingerprint density at radius 2 is 0.889 bits per heavy atom. The second kappa shape index (κ2) is 5.57. The Kier molecular flexibility index (Phi) is 7.72. The zero-order valence-electron chi connectivity index (χ0n) is 7.44. The maximum atomic E-state index is 2.31. The topological polar surface area (TPSA) is 0 Å². The average molecular weight is 235 g/mol. The minimum atomic E-state index is 0. The molecule has 0 bridgehead atoms. The Labute approximate surface area is 76.4 Å². The average Bonchev–Trinajstić information content (AvgIpc) is 1.64. The van der Waals surface area contributed by atoms with Crippen LogP contribution >= 0.6 is 0 Å². The summed E-state index contributed by atoms with van der Waals surface area (Å²) < 4.78 is 0. The Hall–Kier alpha value is 0.799. The fourth-order valence-electron chi connectivity index (χ4n) is 0.770. The van der Waals surface area contributed by atoms with E-state index in [-0.39, 0.29) is 23.9 Å². The third kappa shape index (κ3) is 5.25. The van der Waals surface area contributed by atoms with Gasteiger partial charge in [0.05, 0.1) is 0 Å². The van der Waals surface area contributed by atoms with Gasteiger partial charge in [-0.1, -0.05) is 34.6 Å². The van der Waals surface area contributed by atoms with E-state index in [4.69, 9.17) is 0 Å². The molecule has 0 heterocycles. The minimum absolute atomic E-state index is 0. The molecular weight excluding hydrogens is 215 g/mol. The number of rotatable bonds is 2. The molecule has 0 atom stereocenters. The van der Waals surface area contributed by atoms with Crippen LogP contribution in [-0.2, 0) is 0 Å². The molecule has 9 heavy (non-hydrogen) atoms. The van der Waals surface area contributed by atoms with Crippen molar-refractivity contribution in [2.24, 2.45) is 17.8 Å². The summed E-state index contributed by atoms with van der Waals surface area (Å²) in [5.41, 5.74) is 0. The second-order valence-corrected chi connectivity index (χ2v) is 3.35. The van der Waals surface area contributed by atoms with E-state index in [1.165, 1.54) is 0 Å². The Morgan fingerprint density at radius 3 is 0.889 bits per heavy atom. The first kappa shape index (κ1) is 12.5. The van der Waals surface area contributed by atoms with Crippen LogP contribution in [0, 0.1) is 17.8 Å². The van der Waals surface area contributed by atoms with E-state index in [0.717, 1.165) is 17.8 Å². The molecular formula is C8H20Sn. The molecule has 1 heteroatoms. The van der Waals surface area contributed by atoms with Crippen molar-refractivity contribution in [2.45, 2.75) is 34.6 Å². The Balaban J connectivity index is 0. The molecule has 0 aliphatic carbocycles. The van der Waals surface area contributed by atoms with Crippen LogP contribution in [-0.4, -0.2) is 23.9 Å². The van der Waals surface area contributed by atoms with E-state index in [1.54, 1.807) is 0 Å². The third-order valence-electron chi connectivity index (χ3n) is 2.10. The van der Waals surface area contributed by atoms with Crippen LogP contribution < -0.4 is 0 Å². The van der Waals surface area contributed by atoms with Crippen molar-refractivity contribution < 1.29 is 0 Å². The summed E-state index contributed by atoms with van der Waals surface area (Å²) in [5, 5.41) is 0. The quantitative estimate of drug-likeness (QED) is 0.642. The predicted molar refractivity (Wildman–Crippen MR) is 47.4 cm³/mol. The molecule has 0 amide bonds. The summed E-state index contributed by atoms with van der Waals surface area (Å²) in [4.78, 5) is 0. The zero-order valence-corrected chi connectivity index (χ0v) is 11.5. The van der Waals surface area contributed by atoms with Crippen molar-refractivity contribution in [2.75, 3.05) is 0 Å². The molecule has 0 aliphatic heterocycles. The molecule has 0 fully saturated rings. The van der Waals surface area contributed by atoms with Gasteiger partial charge in [-0.2, -0.15) is 0 Å². The molecule has 0 spiro atoms. The van der Waals surface area contributed by atoms with Gasteiger partial charge in [-0.15, -0.1) is 0 Å². The molecule has 0 N–H and O–H groups in total. The van der Waals surface area contributed by atoms with Crippen LogP contribution in [0.15, 0.2) is 0 Å². The molecule has 0 aromatic carbocycles. The van der Waals surface area contributed by atoms with Crippen LogP contribution in [0.5, 0.6) is 0 Å². The first-order valence-corrected chi connectivity index (χ1v) is 3.55. The summed E-state index contributed by atoms with van der Waals surface area (Å²) in [6.07, 6.45) is 0. The van der Waals surface area contributed by atoms with E-state index in [9.17, 15) is 0 Å². The van der Waals surface area contributed by atoms with Gasteiger partial charge in [0.1, 0.15) is 0 Å². The molecule has 0 nitrogen and oxygen atoms in total. The summed E-state index contributed by atoms with van der Waals surface area (Å²) in [7, 11) is 0. The number of hydrogen-bond acceptors (Lipinski definition) is 0. The van der Waals surface area contributed by atoms with E-state index < -0.39 is 0 Å². The SMILES string of the molecule is CC(C)C(C)C(C)C.[SnH2]. The van der Waals surface area contributed by atoms with Crippen molar-refractivity contribution in [1.29, 1.82) is 0 Å². The summed E-state index contributed by atoms with van der Waals surface area (Å²) in [5.74, 6) is 2.56. The molecule has 2 radical (unpaired) electrons. The Bertz CT molecular complexity index is 49.6. The van der Waals surface area contributed by atoms with Crippen molar-refractivity contribution in [3.63, 3.8) is 0 Å². The second-order valence-electron chi connectivity index (χ2n) is 3.35. The van der Waals surface area contributed by atoms with Gasteiger partial charge in [0.25, 0.3) is 0 Å². The molecule has 0 unspecified atom stereocenters. The fourth-order valence-corrected chi connectivity index (χ4v) is 0.770. The van der Waals surface area contributed by atoms with Crippen LogP contribution in [0.2, 0.25) is 0 Å². The van der Waals surface area contributed by atoms with Gasteiger partial charge >= 0.3 is 23.9 Å². The van der Waals surface area contributed by atoms with E-state index in [0.29, 0.717) is 0 Å². The van der Waals surface area contributed by atoms with Gasteiger partial charge in [0.15, 0.2) is 0 Å². The van der Waals surface area contributed by atoms with Crippen molar-refractivity contribution in [3.8, 4) is 0 Å². The fraction of sp³-hybridized carbons (Fsp3) is 1.00. The maximum absolute atomic E-state index is 2.31. The van der Waals surface area contributed by atoms with E-state index >= 15 is 0 Å². The van der Waals surface area contributed by atoms with Gasteiger partial charge < -0.3 is 0 Å². The molecule has 0 aromatic rings. The van der Waals surface area contributed by atoms with Gasteiger partial charge in [-0.25, -0.2) is 0 Å².